The van der Waals surface area contributed by atoms with E-state index in [2.05, 4.69) is 31.4 Å². The molecule has 1 aliphatic heterocycles. The Morgan fingerprint density at radius 1 is 0.717 bits per heavy atom. The molecule has 6 atom stereocenters. The Bertz CT molecular complexity index is 1230. The summed E-state index contributed by atoms with van der Waals surface area (Å²) in [5.41, 5.74) is 0.808. The van der Waals surface area contributed by atoms with Gasteiger partial charge in [-0.25, -0.2) is 9.59 Å². The molecule has 1 aliphatic rings. The lowest BCUT2D eigenvalue weighted by Gasteiger charge is -2.54. The van der Waals surface area contributed by atoms with Crippen molar-refractivity contribution in [3.63, 3.8) is 0 Å². The van der Waals surface area contributed by atoms with Crippen LogP contribution in [0.3, 0.4) is 0 Å². The highest BCUT2D eigenvalue weighted by Gasteiger charge is 2.69. The maximum absolute atomic E-state index is 17.3. The highest BCUT2D eigenvalue weighted by atomic mass is 19.3. The van der Waals surface area contributed by atoms with Gasteiger partial charge in [-0.3, -0.25) is 0 Å². The maximum atomic E-state index is 17.3. The van der Waals surface area contributed by atoms with Crippen molar-refractivity contribution >= 4 is 12.1 Å². The summed E-state index contributed by atoms with van der Waals surface area (Å²) in [6.45, 7) is 13.4. The first-order valence-electron chi connectivity index (χ1n) is 23.1. The Morgan fingerprint density at radius 3 is 1.95 bits per heavy atom. The first-order valence-corrected chi connectivity index (χ1v) is 23.1. The molecule has 1 amide bonds. The molecular weight excluding hydrogens is 779 g/mol. The number of benzene rings is 1. The van der Waals surface area contributed by atoms with Gasteiger partial charge in [-0.15, -0.1) is 0 Å². The summed E-state index contributed by atoms with van der Waals surface area (Å²) in [6.07, 6.45) is 5.82. The third-order valence-corrected chi connectivity index (χ3v) is 10.3. The molecule has 0 radical (unpaired) electrons. The largest absolute Gasteiger partial charge is 0.464 e. The molecule has 0 aliphatic carbocycles. The lowest BCUT2D eigenvalue weighted by Crippen LogP contribution is -2.75. The number of nitrogens with one attached hydrogen (secondary N) is 2. The van der Waals surface area contributed by atoms with Crippen LogP contribution in [-0.4, -0.2) is 114 Å². The molecule has 0 aromatic heterocycles. The van der Waals surface area contributed by atoms with E-state index in [1.54, 1.807) is 0 Å². The van der Waals surface area contributed by atoms with Crippen LogP contribution in [0.4, 0.5) is 13.6 Å². The van der Waals surface area contributed by atoms with Gasteiger partial charge in [0.2, 0.25) is 0 Å². The first kappa shape index (κ1) is 53.7. The molecule has 1 saturated heterocycles. The molecule has 0 unspecified atom stereocenters. The molecule has 0 saturated carbocycles. The summed E-state index contributed by atoms with van der Waals surface area (Å²) < 4.78 is 83.8. The second-order valence-electron chi connectivity index (χ2n) is 15.6. The summed E-state index contributed by atoms with van der Waals surface area (Å²) in [7, 11) is 0. The smallest absolute Gasteiger partial charge is 0.408 e. The zero-order chi connectivity index (χ0) is 43.9. The second-order valence-corrected chi connectivity index (χ2v) is 15.6. The maximum Gasteiger partial charge on any atom is 0.408 e. The van der Waals surface area contributed by atoms with E-state index in [1.807, 2.05) is 51.1 Å². The van der Waals surface area contributed by atoms with Crippen molar-refractivity contribution in [3.05, 3.63) is 35.9 Å². The summed E-state index contributed by atoms with van der Waals surface area (Å²) in [5, 5.41) is 5.59. The number of alkyl carbamates (subject to hydrolysis) is 1. The van der Waals surface area contributed by atoms with Crippen LogP contribution in [0.2, 0.25) is 0 Å². The van der Waals surface area contributed by atoms with E-state index < -0.39 is 60.8 Å². The van der Waals surface area contributed by atoms with Crippen LogP contribution >= 0.6 is 0 Å². The average molecular weight is 859 g/mol. The van der Waals surface area contributed by atoms with Crippen molar-refractivity contribution in [1.82, 2.24) is 10.6 Å². The molecule has 348 valence electrons. The third-order valence-electron chi connectivity index (χ3n) is 10.3. The number of carbonyl (C=O) groups is 2. The lowest BCUT2D eigenvalue weighted by molar-refractivity contribution is -0.432. The van der Waals surface area contributed by atoms with E-state index in [4.69, 9.17) is 37.9 Å². The van der Waals surface area contributed by atoms with E-state index in [-0.39, 0.29) is 46.0 Å². The normalized spacial score (nSPS) is 21.1. The highest BCUT2D eigenvalue weighted by Crippen LogP contribution is 2.46. The molecule has 14 heteroatoms. The van der Waals surface area contributed by atoms with Gasteiger partial charge in [0.25, 0.3) is 5.79 Å². The van der Waals surface area contributed by atoms with E-state index in [0.717, 1.165) is 63.4 Å². The lowest BCUT2D eigenvalue weighted by atomic mass is 9.87. The van der Waals surface area contributed by atoms with Gasteiger partial charge < -0.3 is 48.5 Å². The van der Waals surface area contributed by atoms with Gasteiger partial charge in [0.05, 0.1) is 26.4 Å². The summed E-state index contributed by atoms with van der Waals surface area (Å²) in [5.74, 6) is -6.67. The molecule has 60 heavy (non-hydrogen) atoms. The van der Waals surface area contributed by atoms with Crippen LogP contribution in [0.5, 0.6) is 0 Å². The number of amides is 1. The van der Waals surface area contributed by atoms with E-state index in [1.165, 1.54) is 0 Å². The molecular formula is C46H80F2N2O10. The number of unbranched alkanes of at least 4 members (excludes halogenated alkanes) is 7. The average Bonchev–Trinajstić information content (AvgIpc) is 3.24. The fraction of sp³-hybridized carbons (Fsp3) is 0.826. The second kappa shape index (κ2) is 32.2. The zero-order valence-electron chi connectivity index (χ0n) is 37.8. The summed E-state index contributed by atoms with van der Waals surface area (Å²) >= 11 is 0. The van der Waals surface area contributed by atoms with Crippen molar-refractivity contribution in [2.24, 2.45) is 0 Å². The number of hydrogen-bond acceptors (Lipinski definition) is 11. The SMILES string of the molecule is CCCCOC[C@H]1O[C@@](OCCCC)(C(F)(F)CNCCCC[C@H](NC(=O)OCc2ccccc2)C(=O)OCCCC)[C@H](OCCCC)[C@@H](OCCCC)[C@H]1OCCCC. The van der Waals surface area contributed by atoms with Gasteiger partial charge in [-0.1, -0.05) is 110 Å². The van der Waals surface area contributed by atoms with E-state index >= 15 is 8.78 Å². The Kier molecular flexibility index (Phi) is 28.8. The van der Waals surface area contributed by atoms with Crippen LogP contribution in [0.25, 0.3) is 0 Å². The molecule has 1 aromatic rings. The molecule has 1 fully saturated rings. The standard InChI is InChI=1S/C46H80F2N2O10/c1-7-13-28-53-35-39-40(54-29-14-8-2)41(55-30-15-9-3)42(56-31-16-10-4)46(60-39,59-33-18-12-6)45(47,48)36-49-27-23-22-26-38(43(51)57-32-17-11-5)50-44(52)58-34-37-24-20-19-21-25-37/h19-21,24-25,38-42,49H,7-18,22-23,26-36H2,1-6H3,(H,50,52)/t38-,39+,40-,41-,42+,46+/m0/s1. The van der Waals surface area contributed by atoms with Gasteiger partial charge in [0.15, 0.2) is 0 Å². The van der Waals surface area contributed by atoms with Crippen molar-refractivity contribution in [3.8, 4) is 0 Å². The van der Waals surface area contributed by atoms with E-state index in [9.17, 15) is 9.59 Å². The van der Waals surface area contributed by atoms with Gasteiger partial charge in [-0.2, -0.15) is 8.78 Å². The Labute approximate surface area is 360 Å². The number of esters is 1. The Balaban J connectivity index is 2.31. The molecule has 1 heterocycles. The minimum absolute atomic E-state index is 0.0305. The molecule has 1 aromatic carbocycles. The van der Waals surface area contributed by atoms with Crippen LogP contribution in [0, 0.1) is 0 Å². The predicted molar refractivity (Wildman–Crippen MR) is 229 cm³/mol. The number of ether oxygens (including phenoxy) is 8. The third kappa shape index (κ3) is 19.3. The quantitative estimate of drug-likeness (QED) is 0.0495. The number of hydrogen-bond donors (Lipinski definition) is 2. The highest BCUT2D eigenvalue weighted by molar-refractivity contribution is 5.81. The fourth-order valence-electron chi connectivity index (χ4n) is 6.63. The predicted octanol–water partition coefficient (Wildman–Crippen LogP) is 9.30. The van der Waals surface area contributed by atoms with Crippen LogP contribution in [-0.2, 0) is 49.3 Å². The number of carbonyl (C=O) groups excluding carboxylic acids is 2. The molecule has 2 N–H and O–H groups in total. The zero-order valence-corrected chi connectivity index (χ0v) is 37.8. The minimum atomic E-state index is -3.60. The van der Waals surface area contributed by atoms with Gasteiger partial charge >= 0.3 is 18.0 Å². The van der Waals surface area contributed by atoms with Gasteiger partial charge in [-0.05, 0) is 69.9 Å². The van der Waals surface area contributed by atoms with Crippen molar-refractivity contribution < 1.29 is 56.3 Å². The number of halogens is 2. The topological polar surface area (TPSA) is 132 Å². The van der Waals surface area contributed by atoms with Crippen molar-refractivity contribution in [2.75, 3.05) is 59.3 Å². The molecule has 12 nitrogen and oxygen atoms in total. The van der Waals surface area contributed by atoms with Crippen LogP contribution in [0.15, 0.2) is 30.3 Å². The fourth-order valence-corrected chi connectivity index (χ4v) is 6.63. The number of rotatable bonds is 36. The number of alkyl halides is 2. The van der Waals surface area contributed by atoms with Crippen molar-refractivity contribution in [2.45, 2.75) is 187 Å². The monoisotopic (exact) mass is 859 g/mol. The molecule has 2 rings (SSSR count). The van der Waals surface area contributed by atoms with Gasteiger partial charge in [0.1, 0.15) is 37.1 Å². The molecule has 0 bridgehead atoms. The Hall–Kier alpha value is -2.46. The van der Waals surface area contributed by atoms with Gasteiger partial charge in [0, 0.05) is 26.4 Å². The Morgan fingerprint density at radius 2 is 1.30 bits per heavy atom. The minimum Gasteiger partial charge on any atom is -0.464 e. The van der Waals surface area contributed by atoms with E-state index in [0.29, 0.717) is 51.9 Å². The van der Waals surface area contributed by atoms with Crippen LogP contribution in [0.1, 0.15) is 143 Å². The summed E-state index contributed by atoms with van der Waals surface area (Å²) in [6, 6.07) is 8.27. The first-order chi connectivity index (χ1) is 29.1. The summed E-state index contributed by atoms with van der Waals surface area (Å²) in [4.78, 5) is 25.7. The van der Waals surface area contributed by atoms with Crippen LogP contribution < -0.4 is 10.6 Å². The molecule has 0 spiro atoms. The van der Waals surface area contributed by atoms with Crippen molar-refractivity contribution in [1.29, 1.82) is 0 Å².